The monoisotopic (exact) mass is 115 g/mol. The molecule has 7 heavy (non-hydrogen) atoms. The van der Waals surface area contributed by atoms with Gasteiger partial charge in [-0.25, -0.2) is 4.21 Å². The van der Waals surface area contributed by atoms with Crippen LogP contribution in [-0.4, -0.2) is 4.21 Å². The Labute approximate surface area is 44.5 Å². The summed E-state index contributed by atoms with van der Waals surface area (Å²) in [5.41, 5.74) is 0. The van der Waals surface area contributed by atoms with Gasteiger partial charge in [0.1, 0.15) is 11.0 Å². The maximum absolute atomic E-state index is 10.4. The summed E-state index contributed by atoms with van der Waals surface area (Å²) in [6.45, 7) is 3.49. The fourth-order valence-corrected chi connectivity index (χ4v) is 0.861. The third-order valence-electron chi connectivity index (χ3n) is 0.682. The van der Waals surface area contributed by atoms with Crippen molar-refractivity contribution in [2.45, 2.75) is 0 Å². The van der Waals surface area contributed by atoms with Crippen LogP contribution in [0, 0.1) is 0 Å². The summed E-state index contributed by atoms with van der Waals surface area (Å²) < 4.78 is 13.0. The number of rotatable bonds is 0. The Kier molecular flexibility index (Phi) is 0.982. The van der Waals surface area contributed by atoms with E-state index >= 15 is 0 Å². The Bertz CT molecular complexity index is 150. The molecule has 0 spiro atoms. The standard InChI is InChI=1S/C4H5NOS/c1-4-2-3-5-7(4)6/h2-3,5H,1H2. The fourth-order valence-electron chi connectivity index (χ4n) is 0.326. The summed E-state index contributed by atoms with van der Waals surface area (Å²) in [7, 11) is -1.02. The van der Waals surface area contributed by atoms with E-state index in [4.69, 9.17) is 0 Å². The van der Waals surface area contributed by atoms with Gasteiger partial charge in [0.25, 0.3) is 0 Å². The first-order valence-electron chi connectivity index (χ1n) is 1.84. The van der Waals surface area contributed by atoms with Crippen LogP contribution in [0.25, 0.3) is 0 Å². The lowest BCUT2D eigenvalue weighted by molar-refractivity contribution is 0.685. The van der Waals surface area contributed by atoms with Gasteiger partial charge in [0.05, 0.1) is 4.91 Å². The molecule has 0 saturated heterocycles. The highest BCUT2D eigenvalue weighted by Crippen LogP contribution is 2.02. The lowest BCUT2D eigenvalue weighted by Crippen LogP contribution is -2.01. The molecule has 1 atom stereocenters. The minimum Gasteiger partial charge on any atom is -0.308 e. The Balaban J connectivity index is 2.81. The predicted molar refractivity (Wildman–Crippen MR) is 29.6 cm³/mol. The quantitative estimate of drug-likeness (QED) is 0.482. The highest BCUT2D eigenvalue weighted by atomic mass is 32.2. The van der Waals surface area contributed by atoms with Crippen molar-refractivity contribution < 1.29 is 4.21 Å². The van der Waals surface area contributed by atoms with Crippen LogP contribution in [0.5, 0.6) is 0 Å². The first-order chi connectivity index (χ1) is 3.30. The molecule has 1 aliphatic rings. The molecular formula is C4H5NOS. The van der Waals surface area contributed by atoms with Crippen LogP contribution >= 0.6 is 0 Å². The first-order valence-corrected chi connectivity index (χ1v) is 2.99. The van der Waals surface area contributed by atoms with E-state index in [0.717, 1.165) is 0 Å². The van der Waals surface area contributed by atoms with Gasteiger partial charge >= 0.3 is 0 Å². The van der Waals surface area contributed by atoms with Crippen LogP contribution in [0.2, 0.25) is 0 Å². The highest BCUT2D eigenvalue weighted by molar-refractivity contribution is 7.87. The first kappa shape index (κ1) is 4.59. The zero-order valence-corrected chi connectivity index (χ0v) is 4.49. The van der Waals surface area contributed by atoms with E-state index in [1.165, 1.54) is 0 Å². The van der Waals surface area contributed by atoms with Crippen LogP contribution in [0.1, 0.15) is 0 Å². The Hall–Kier alpha value is -0.570. The van der Waals surface area contributed by atoms with Crippen molar-refractivity contribution in [3.8, 4) is 0 Å². The van der Waals surface area contributed by atoms with Gasteiger partial charge in [-0.3, -0.25) is 0 Å². The van der Waals surface area contributed by atoms with Gasteiger partial charge in [-0.1, -0.05) is 6.58 Å². The molecule has 1 unspecified atom stereocenters. The van der Waals surface area contributed by atoms with Crippen molar-refractivity contribution in [1.29, 1.82) is 0 Å². The molecule has 1 aliphatic heterocycles. The van der Waals surface area contributed by atoms with Crippen molar-refractivity contribution in [2.75, 3.05) is 0 Å². The second kappa shape index (κ2) is 1.50. The van der Waals surface area contributed by atoms with Gasteiger partial charge in [-0.15, -0.1) is 0 Å². The lowest BCUT2D eigenvalue weighted by atomic mass is 10.6. The molecule has 38 valence electrons. The van der Waals surface area contributed by atoms with Gasteiger partial charge < -0.3 is 4.72 Å². The summed E-state index contributed by atoms with van der Waals surface area (Å²) in [5.74, 6) is 0. The van der Waals surface area contributed by atoms with Crippen molar-refractivity contribution in [3.63, 3.8) is 0 Å². The topological polar surface area (TPSA) is 29.1 Å². The minimum absolute atomic E-state index is 0.639. The number of hydrogen-bond acceptors (Lipinski definition) is 1. The van der Waals surface area contributed by atoms with E-state index in [-0.39, 0.29) is 0 Å². The zero-order chi connectivity index (χ0) is 5.28. The summed E-state index contributed by atoms with van der Waals surface area (Å²) in [5, 5.41) is 0. The van der Waals surface area contributed by atoms with Crippen LogP contribution < -0.4 is 4.72 Å². The molecule has 0 amide bonds. The zero-order valence-electron chi connectivity index (χ0n) is 3.68. The van der Waals surface area contributed by atoms with E-state index in [0.29, 0.717) is 4.91 Å². The molecule has 1 N–H and O–H groups in total. The third-order valence-corrected chi connectivity index (χ3v) is 1.64. The lowest BCUT2D eigenvalue weighted by Gasteiger charge is -1.85. The van der Waals surface area contributed by atoms with Crippen LogP contribution in [-0.2, 0) is 11.0 Å². The maximum Gasteiger partial charge on any atom is 0.149 e. The molecule has 0 radical (unpaired) electrons. The average molecular weight is 115 g/mol. The molecule has 0 aromatic heterocycles. The SMILES string of the molecule is C=C1C=CNS1=O. The largest absolute Gasteiger partial charge is 0.308 e. The molecule has 0 aliphatic carbocycles. The van der Waals surface area contributed by atoms with Crippen LogP contribution in [0.3, 0.4) is 0 Å². The van der Waals surface area contributed by atoms with E-state index in [2.05, 4.69) is 11.3 Å². The normalized spacial score (nSPS) is 28.0. The molecule has 0 aromatic carbocycles. The molecule has 0 bridgehead atoms. The predicted octanol–water partition coefficient (Wildman–Crippen LogP) is 0.281. The van der Waals surface area contributed by atoms with Gasteiger partial charge in [0.2, 0.25) is 0 Å². The van der Waals surface area contributed by atoms with Crippen LogP contribution in [0.15, 0.2) is 23.8 Å². The van der Waals surface area contributed by atoms with E-state index < -0.39 is 11.0 Å². The van der Waals surface area contributed by atoms with Crippen molar-refractivity contribution >= 4 is 11.0 Å². The van der Waals surface area contributed by atoms with Gasteiger partial charge in [-0.2, -0.15) is 0 Å². The second-order valence-electron chi connectivity index (χ2n) is 1.19. The van der Waals surface area contributed by atoms with Gasteiger partial charge in [0.15, 0.2) is 0 Å². The smallest absolute Gasteiger partial charge is 0.149 e. The summed E-state index contributed by atoms with van der Waals surface area (Å²) in [6.07, 6.45) is 3.31. The number of nitrogens with one attached hydrogen (secondary N) is 1. The minimum atomic E-state index is -1.02. The summed E-state index contributed by atoms with van der Waals surface area (Å²) >= 11 is 0. The Morgan fingerprint density at radius 2 is 2.57 bits per heavy atom. The molecule has 2 nitrogen and oxygen atoms in total. The molecule has 1 rings (SSSR count). The van der Waals surface area contributed by atoms with E-state index in [1.807, 2.05) is 0 Å². The molecule has 0 fully saturated rings. The fraction of sp³-hybridized carbons (Fsp3) is 0. The Morgan fingerprint density at radius 3 is 2.71 bits per heavy atom. The second-order valence-corrected chi connectivity index (χ2v) is 2.48. The van der Waals surface area contributed by atoms with Gasteiger partial charge in [0, 0.05) is 6.20 Å². The molecule has 0 aromatic rings. The molecule has 0 saturated carbocycles. The number of hydrogen-bond donors (Lipinski definition) is 1. The highest BCUT2D eigenvalue weighted by Gasteiger charge is 2.02. The van der Waals surface area contributed by atoms with E-state index in [9.17, 15) is 4.21 Å². The Morgan fingerprint density at radius 1 is 1.86 bits per heavy atom. The van der Waals surface area contributed by atoms with Gasteiger partial charge in [-0.05, 0) is 6.08 Å². The molecule has 1 heterocycles. The third kappa shape index (κ3) is 0.718. The number of allylic oxidation sites excluding steroid dienone is 1. The van der Waals surface area contributed by atoms with Crippen molar-refractivity contribution in [3.05, 3.63) is 23.8 Å². The molecular weight excluding hydrogens is 110 g/mol. The van der Waals surface area contributed by atoms with Crippen LogP contribution in [0.4, 0.5) is 0 Å². The molecule has 3 heteroatoms. The summed E-state index contributed by atoms with van der Waals surface area (Å²) in [4.78, 5) is 0.639. The maximum atomic E-state index is 10.4. The average Bonchev–Trinajstić information content (AvgIpc) is 1.91. The summed E-state index contributed by atoms with van der Waals surface area (Å²) in [6, 6.07) is 0. The van der Waals surface area contributed by atoms with Crippen molar-refractivity contribution in [2.24, 2.45) is 0 Å². The van der Waals surface area contributed by atoms with Crippen molar-refractivity contribution in [1.82, 2.24) is 4.72 Å². The van der Waals surface area contributed by atoms with E-state index in [1.54, 1.807) is 12.3 Å².